The van der Waals surface area contributed by atoms with Crippen LogP contribution in [0.1, 0.15) is 70.5 Å². The van der Waals surface area contributed by atoms with Crippen LogP contribution in [0.3, 0.4) is 0 Å². The molecule has 1 heterocycles. The largest absolute Gasteiger partial charge is 0.314 e. The lowest BCUT2D eigenvalue weighted by Gasteiger charge is -2.25. The zero-order chi connectivity index (χ0) is 14.6. The summed E-state index contributed by atoms with van der Waals surface area (Å²) in [5.41, 5.74) is 1.44. The standard InChI is InChI=1S/C17H30N2S/c1-5-18-14-10-8-6-7-9-13(14)11-16-19-15(12-20-16)17(2,3)4/h12-14,18H,5-11H2,1-4H3. The molecule has 2 atom stereocenters. The molecule has 0 spiro atoms. The molecule has 0 saturated heterocycles. The second-order valence-electron chi connectivity index (χ2n) is 7.14. The van der Waals surface area contributed by atoms with Gasteiger partial charge in [-0.05, 0) is 25.3 Å². The number of thiazole rings is 1. The molecular weight excluding hydrogens is 264 g/mol. The number of hydrogen-bond donors (Lipinski definition) is 1. The van der Waals surface area contributed by atoms with E-state index in [1.165, 1.54) is 49.2 Å². The zero-order valence-corrected chi connectivity index (χ0v) is 14.4. The summed E-state index contributed by atoms with van der Waals surface area (Å²) in [6.45, 7) is 10.1. The van der Waals surface area contributed by atoms with Gasteiger partial charge in [0.2, 0.25) is 0 Å². The Morgan fingerprint density at radius 1 is 1.25 bits per heavy atom. The van der Waals surface area contributed by atoms with Crippen molar-refractivity contribution < 1.29 is 0 Å². The molecule has 2 nitrogen and oxygen atoms in total. The number of nitrogens with zero attached hydrogens (tertiary/aromatic N) is 1. The first-order valence-corrected chi connectivity index (χ1v) is 9.07. The lowest BCUT2D eigenvalue weighted by atomic mass is 9.91. The summed E-state index contributed by atoms with van der Waals surface area (Å²) in [6.07, 6.45) is 8.06. The molecule has 0 bridgehead atoms. The van der Waals surface area contributed by atoms with Gasteiger partial charge in [-0.15, -0.1) is 11.3 Å². The summed E-state index contributed by atoms with van der Waals surface area (Å²) in [6, 6.07) is 0.699. The number of nitrogens with one attached hydrogen (secondary N) is 1. The van der Waals surface area contributed by atoms with E-state index in [2.05, 4.69) is 38.4 Å². The average Bonchev–Trinajstić information content (AvgIpc) is 2.74. The van der Waals surface area contributed by atoms with Crippen LogP contribution in [0.4, 0.5) is 0 Å². The van der Waals surface area contributed by atoms with Crippen molar-refractivity contribution in [2.45, 2.75) is 77.7 Å². The molecule has 0 aromatic carbocycles. The maximum atomic E-state index is 4.89. The van der Waals surface area contributed by atoms with Gasteiger partial charge in [-0.25, -0.2) is 4.98 Å². The van der Waals surface area contributed by atoms with Crippen LogP contribution in [0.25, 0.3) is 0 Å². The molecule has 2 unspecified atom stereocenters. The highest BCUT2D eigenvalue weighted by molar-refractivity contribution is 7.09. The molecule has 1 aromatic heterocycles. The molecule has 3 heteroatoms. The molecule has 0 aliphatic heterocycles. The van der Waals surface area contributed by atoms with Crippen LogP contribution in [-0.4, -0.2) is 17.6 Å². The molecule has 1 fully saturated rings. The van der Waals surface area contributed by atoms with Gasteiger partial charge in [-0.3, -0.25) is 0 Å². The number of aromatic nitrogens is 1. The van der Waals surface area contributed by atoms with Gasteiger partial charge in [0, 0.05) is 23.3 Å². The molecule has 0 radical (unpaired) electrons. The van der Waals surface area contributed by atoms with Crippen LogP contribution in [-0.2, 0) is 11.8 Å². The van der Waals surface area contributed by atoms with E-state index in [-0.39, 0.29) is 5.41 Å². The highest BCUT2D eigenvalue weighted by Gasteiger charge is 2.25. The van der Waals surface area contributed by atoms with E-state index in [1.807, 2.05) is 11.3 Å². The fourth-order valence-electron chi connectivity index (χ4n) is 3.13. The van der Waals surface area contributed by atoms with Crippen LogP contribution < -0.4 is 5.32 Å². The molecule has 1 saturated carbocycles. The van der Waals surface area contributed by atoms with Crippen LogP contribution in [0, 0.1) is 5.92 Å². The summed E-state index contributed by atoms with van der Waals surface area (Å²) in [5.74, 6) is 0.774. The fourth-order valence-corrected chi connectivity index (χ4v) is 4.25. The quantitative estimate of drug-likeness (QED) is 0.825. The minimum absolute atomic E-state index is 0.180. The summed E-state index contributed by atoms with van der Waals surface area (Å²) in [7, 11) is 0. The minimum Gasteiger partial charge on any atom is -0.314 e. The third kappa shape index (κ3) is 4.29. The van der Waals surface area contributed by atoms with Crippen molar-refractivity contribution in [2.75, 3.05) is 6.54 Å². The van der Waals surface area contributed by atoms with Crippen molar-refractivity contribution in [1.29, 1.82) is 0 Å². The molecule has 114 valence electrons. The van der Waals surface area contributed by atoms with Gasteiger partial charge in [0.15, 0.2) is 0 Å². The fraction of sp³-hybridized carbons (Fsp3) is 0.824. The van der Waals surface area contributed by atoms with Crippen molar-refractivity contribution in [3.8, 4) is 0 Å². The van der Waals surface area contributed by atoms with Crippen LogP contribution >= 0.6 is 11.3 Å². The predicted molar refractivity (Wildman–Crippen MR) is 88.6 cm³/mol. The third-order valence-corrected chi connectivity index (χ3v) is 5.25. The monoisotopic (exact) mass is 294 g/mol. The highest BCUT2D eigenvalue weighted by atomic mass is 32.1. The first-order chi connectivity index (χ1) is 9.50. The van der Waals surface area contributed by atoms with Crippen molar-refractivity contribution in [1.82, 2.24) is 10.3 Å². The Morgan fingerprint density at radius 3 is 2.65 bits per heavy atom. The van der Waals surface area contributed by atoms with Crippen molar-refractivity contribution >= 4 is 11.3 Å². The van der Waals surface area contributed by atoms with Gasteiger partial charge in [0.25, 0.3) is 0 Å². The Hall–Kier alpha value is -0.410. The molecule has 2 rings (SSSR count). The normalized spacial score (nSPS) is 24.6. The average molecular weight is 295 g/mol. The first-order valence-electron chi connectivity index (χ1n) is 8.19. The third-order valence-electron chi connectivity index (χ3n) is 4.38. The second-order valence-corrected chi connectivity index (χ2v) is 8.09. The second kappa shape index (κ2) is 7.04. The molecule has 1 aliphatic carbocycles. The zero-order valence-electron chi connectivity index (χ0n) is 13.5. The van der Waals surface area contributed by atoms with Crippen molar-refractivity contribution in [3.63, 3.8) is 0 Å². The van der Waals surface area contributed by atoms with E-state index >= 15 is 0 Å². The van der Waals surface area contributed by atoms with Gasteiger partial charge in [0.1, 0.15) is 0 Å². The van der Waals surface area contributed by atoms with E-state index in [4.69, 9.17) is 4.98 Å². The lowest BCUT2D eigenvalue weighted by molar-refractivity contribution is 0.337. The highest BCUT2D eigenvalue weighted by Crippen LogP contribution is 2.30. The molecule has 1 aromatic rings. The smallest absolute Gasteiger partial charge is 0.0931 e. The van der Waals surface area contributed by atoms with Gasteiger partial charge >= 0.3 is 0 Å². The van der Waals surface area contributed by atoms with E-state index in [0.717, 1.165) is 12.5 Å². The Labute approximate surface area is 128 Å². The Morgan fingerprint density at radius 2 is 2.00 bits per heavy atom. The van der Waals surface area contributed by atoms with Crippen LogP contribution in [0.5, 0.6) is 0 Å². The summed E-state index contributed by atoms with van der Waals surface area (Å²) < 4.78 is 0. The van der Waals surface area contributed by atoms with E-state index in [1.54, 1.807) is 0 Å². The lowest BCUT2D eigenvalue weighted by Crippen LogP contribution is -2.36. The molecule has 1 N–H and O–H groups in total. The molecule has 20 heavy (non-hydrogen) atoms. The Bertz CT molecular complexity index is 405. The maximum absolute atomic E-state index is 4.89. The minimum atomic E-state index is 0.180. The summed E-state index contributed by atoms with van der Waals surface area (Å²) in [4.78, 5) is 4.89. The maximum Gasteiger partial charge on any atom is 0.0931 e. The van der Waals surface area contributed by atoms with Gasteiger partial charge in [0.05, 0.1) is 10.7 Å². The van der Waals surface area contributed by atoms with Gasteiger partial charge in [-0.2, -0.15) is 0 Å². The van der Waals surface area contributed by atoms with E-state index in [9.17, 15) is 0 Å². The van der Waals surface area contributed by atoms with Gasteiger partial charge < -0.3 is 5.32 Å². The van der Waals surface area contributed by atoms with Crippen LogP contribution in [0.15, 0.2) is 5.38 Å². The molecular formula is C17H30N2S. The van der Waals surface area contributed by atoms with E-state index < -0.39 is 0 Å². The Balaban J connectivity index is 2.04. The summed E-state index contributed by atoms with van der Waals surface area (Å²) in [5, 5.41) is 7.30. The van der Waals surface area contributed by atoms with Crippen LogP contribution in [0.2, 0.25) is 0 Å². The molecule has 1 aliphatic rings. The Kier molecular flexibility index (Phi) is 5.62. The SMILES string of the molecule is CCNC1CCCCCC1Cc1nc(C(C)(C)C)cs1. The number of rotatable bonds is 4. The van der Waals surface area contributed by atoms with E-state index in [0.29, 0.717) is 6.04 Å². The topological polar surface area (TPSA) is 24.9 Å². The number of hydrogen-bond acceptors (Lipinski definition) is 3. The first kappa shape index (κ1) is 16.0. The predicted octanol–water partition coefficient (Wildman–Crippen LogP) is 4.54. The van der Waals surface area contributed by atoms with Crippen molar-refractivity contribution in [2.24, 2.45) is 5.92 Å². The molecule has 0 amide bonds. The van der Waals surface area contributed by atoms with Gasteiger partial charge in [-0.1, -0.05) is 47.0 Å². The van der Waals surface area contributed by atoms with Crippen molar-refractivity contribution in [3.05, 3.63) is 16.1 Å². The summed E-state index contributed by atoms with van der Waals surface area (Å²) >= 11 is 1.86.